The van der Waals surface area contributed by atoms with E-state index in [1.165, 1.54) is 10.5 Å². The van der Waals surface area contributed by atoms with Gasteiger partial charge in [0.25, 0.3) is 0 Å². The van der Waals surface area contributed by atoms with Gasteiger partial charge in [-0.1, -0.05) is 12.1 Å². The Balaban J connectivity index is 2.58. The number of hydrogen-bond acceptors (Lipinski definition) is 3. The Morgan fingerprint density at radius 3 is 2.46 bits per heavy atom. The van der Waals surface area contributed by atoms with Crippen LogP contribution in [0.4, 0.5) is 0 Å². The highest BCUT2D eigenvalue weighted by Gasteiger charge is 2.01. The summed E-state index contributed by atoms with van der Waals surface area (Å²) in [6.07, 6.45) is 2.79. The number of hydrogen-bond donors (Lipinski definition) is 2. The van der Waals surface area contributed by atoms with E-state index in [0.717, 1.165) is 6.42 Å². The van der Waals surface area contributed by atoms with Gasteiger partial charge in [0.15, 0.2) is 0 Å². The van der Waals surface area contributed by atoms with Crippen molar-refractivity contribution in [2.75, 3.05) is 12.9 Å². The minimum Gasteiger partial charge on any atom is -0.395 e. The van der Waals surface area contributed by atoms with Gasteiger partial charge in [0.1, 0.15) is 0 Å². The zero-order valence-electron chi connectivity index (χ0n) is 7.73. The Hall–Kier alpha value is -0.510. The first-order valence-corrected chi connectivity index (χ1v) is 5.48. The highest BCUT2D eigenvalue weighted by molar-refractivity contribution is 7.98. The van der Waals surface area contributed by atoms with E-state index in [0.29, 0.717) is 0 Å². The summed E-state index contributed by atoms with van der Waals surface area (Å²) >= 11 is 1.72. The van der Waals surface area contributed by atoms with Crippen LogP contribution in [0.15, 0.2) is 29.2 Å². The molecule has 0 fully saturated rings. The van der Waals surface area contributed by atoms with Gasteiger partial charge < -0.3 is 10.8 Å². The summed E-state index contributed by atoms with van der Waals surface area (Å²) in [4.78, 5) is 1.25. The summed E-state index contributed by atoms with van der Waals surface area (Å²) in [7, 11) is 0. The molecule has 1 unspecified atom stereocenters. The van der Waals surface area contributed by atoms with Gasteiger partial charge in [0.05, 0.1) is 6.61 Å². The number of aliphatic hydroxyl groups is 1. The molecular weight excluding hydrogens is 182 g/mol. The highest BCUT2D eigenvalue weighted by Crippen LogP contribution is 2.15. The lowest BCUT2D eigenvalue weighted by molar-refractivity contribution is 0.265. The van der Waals surface area contributed by atoms with E-state index in [1.54, 1.807) is 11.8 Å². The molecule has 13 heavy (non-hydrogen) atoms. The number of thioether (sulfide) groups is 1. The smallest absolute Gasteiger partial charge is 0.0585 e. The zero-order chi connectivity index (χ0) is 9.68. The van der Waals surface area contributed by atoms with Crippen LogP contribution in [0.2, 0.25) is 0 Å². The molecule has 1 rings (SSSR count). The maximum absolute atomic E-state index is 8.77. The number of rotatable bonds is 4. The molecule has 0 aromatic heterocycles. The van der Waals surface area contributed by atoms with Crippen molar-refractivity contribution in [2.45, 2.75) is 17.4 Å². The van der Waals surface area contributed by atoms with Crippen LogP contribution in [0.5, 0.6) is 0 Å². The van der Waals surface area contributed by atoms with Crippen LogP contribution in [-0.4, -0.2) is 24.0 Å². The molecule has 0 radical (unpaired) electrons. The quantitative estimate of drug-likeness (QED) is 0.715. The first-order chi connectivity index (χ1) is 6.26. The molecule has 0 saturated heterocycles. The maximum atomic E-state index is 8.77. The topological polar surface area (TPSA) is 46.2 Å². The number of nitrogens with two attached hydrogens (primary N) is 1. The average Bonchev–Trinajstić information content (AvgIpc) is 2.19. The number of aliphatic hydroxyl groups excluding tert-OH is 1. The Bertz CT molecular complexity index is 248. The van der Waals surface area contributed by atoms with E-state index in [1.807, 2.05) is 0 Å². The molecular formula is C10H15NOS. The van der Waals surface area contributed by atoms with Crippen molar-refractivity contribution >= 4 is 11.8 Å². The fourth-order valence-corrected chi connectivity index (χ4v) is 1.54. The van der Waals surface area contributed by atoms with Gasteiger partial charge in [-0.2, -0.15) is 0 Å². The van der Waals surface area contributed by atoms with Gasteiger partial charge in [-0.05, 0) is 30.4 Å². The van der Waals surface area contributed by atoms with E-state index in [-0.39, 0.29) is 12.6 Å². The predicted molar refractivity (Wildman–Crippen MR) is 57.0 cm³/mol. The van der Waals surface area contributed by atoms with Crippen LogP contribution in [0.3, 0.4) is 0 Å². The van der Waals surface area contributed by atoms with E-state index < -0.39 is 0 Å². The lowest BCUT2D eigenvalue weighted by atomic mass is 10.1. The molecule has 3 N–H and O–H groups in total. The molecule has 1 aromatic carbocycles. The summed E-state index contributed by atoms with van der Waals surface area (Å²) in [5, 5.41) is 8.77. The molecule has 0 spiro atoms. The maximum Gasteiger partial charge on any atom is 0.0585 e. The third kappa shape index (κ3) is 3.38. The Morgan fingerprint density at radius 1 is 1.38 bits per heavy atom. The third-order valence-corrected chi connectivity index (χ3v) is 2.64. The highest BCUT2D eigenvalue weighted by atomic mass is 32.2. The lowest BCUT2D eigenvalue weighted by Crippen LogP contribution is -2.26. The summed E-state index contributed by atoms with van der Waals surface area (Å²) in [6.45, 7) is 0.0459. The van der Waals surface area contributed by atoms with E-state index in [4.69, 9.17) is 10.8 Å². The SMILES string of the molecule is CSc1ccc(CC(N)CO)cc1. The van der Waals surface area contributed by atoms with Gasteiger partial charge in [-0.3, -0.25) is 0 Å². The third-order valence-electron chi connectivity index (χ3n) is 1.89. The summed E-state index contributed by atoms with van der Waals surface area (Å²) in [5.74, 6) is 0. The molecule has 1 aromatic rings. The van der Waals surface area contributed by atoms with Crippen molar-refractivity contribution in [2.24, 2.45) is 5.73 Å². The second-order valence-corrected chi connectivity index (χ2v) is 3.87. The largest absolute Gasteiger partial charge is 0.395 e. The lowest BCUT2D eigenvalue weighted by Gasteiger charge is -2.07. The van der Waals surface area contributed by atoms with Gasteiger partial charge in [0, 0.05) is 10.9 Å². The molecule has 0 aliphatic rings. The monoisotopic (exact) mass is 197 g/mol. The predicted octanol–water partition coefficient (Wildman–Crippen LogP) is 1.27. The van der Waals surface area contributed by atoms with Crippen LogP contribution in [0.25, 0.3) is 0 Å². The zero-order valence-corrected chi connectivity index (χ0v) is 8.55. The fourth-order valence-electron chi connectivity index (χ4n) is 1.13. The van der Waals surface area contributed by atoms with Crippen molar-refractivity contribution in [3.8, 4) is 0 Å². The van der Waals surface area contributed by atoms with Crippen molar-refractivity contribution in [3.63, 3.8) is 0 Å². The molecule has 72 valence electrons. The summed E-state index contributed by atoms with van der Waals surface area (Å²) < 4.78 is 0. The molecule has 3 heteroatoms. The molecule has 0 bridgehead atoms. The van der Waals surface area contributed by atoms with E-state index in [2.05, 4.69) is 30.5 Å². The fraction of sp³-hybridized carbons (Fsp3) is 0.400. The van der Waals surface area contributed by atoms with Crippen LogP contribution in [-0.2, 0) is 6.42 Å². The first kappa shape index (κ1) is 10.6. The van der Waals surface area contributed by atoms with E-state index in [9.17, 15) is 0 Å². The minimum absolute atomic E-state index is 0.0459. The van der Waals surface area contributed by atoms with Crippen molar-refractivity contribution < 1.29 is 5.11 Å². The van der Waals surface area contributed by atoms with Crippen LogP contribution in [0, 0.1) is 0 Å². The molecule has 0 heterocycles. The standard InChI is InChI=1S/C10H15NOS/c1-13-10-4-2-8(3-5-10)6-9(11)7-12/h2-5,9,12H,6-7,11H2,1H3. The van der Waals surface area contributed by atoms with Crippen LogP contribution < -0.4 is 5.73 Å². The number of benzene rings is 1. The van der Waals surface area contributed by atoms with Gasteiger partial charge in [-0.15, -0.1) is 11.8 Å². The van der Waals surface area contributed by atoms with Crippen molar-refractivity contribution in [1.29, 1.82) is 0 Å². The van der Waals surface area contributed by atoms with Gasteiger partial charge in [-0.25, -0.2) is 0 Å². The Kier molecular flexibility index (Phi) is 4.28. The Labute approximate surface area is 83.1 Å². The van der Waals surface area contributed by atoms with E-state index >= 15 is 0 Å². The second-order valence-electron chi connectivity index (χ2n) is 2.99. The molecule has 0 aliphatic carbocycles. The second kappa shape index (κ2) is 5.27. The van der Waals surface area contributed by atoms with Crippen molar-refractivity contribution in [1.82, 2.24) is 0 Å². The van der Waals surface area contributed by atoms with Crippen molar-refractivity contribution in [3.05, 3.63) is 29.8 Å². The normalized spacial score (nSPS) is 12.8. The molecule has 2 nitrogen and oxygen atoms in total. The molecule has 0 amide bonds. The first-order valence-electron chi connectivity index (χ1n) is 4.25. The molecule has 1 atom stereocenters. The van der Waals surface area contributed by atoms with Gasteiger partial charge >= 0.3 is 0 Å². The molecule has 0 aliphatic heterocycles. The van der Waals surface area contributed by atoms with Crippen LogP contribution >= 0.6 is 11.8 Å². The van der Waals surface area contributed by atoms with Crippen LogP contribution in [0.1, 0.15) is 5.56 Å². The Morgan fingerprint density at radius 2 is 2.00 bits per heavy atom. The molecule has 0 saturated carbocycles. The summed E-state index contributed by atoms with van der Waals surface area (Å²) in [6, 6.07) is 8.12. The summed E-state index contributed by atoms with van der Waals surface area (Å²) in [5.41, 5.74) is 6.80. The van der Waals surface area contributed by atoms with Gasteiger partial charge in [0.2, 0.25) is 0 Å². The average molecular weight is 197 g/mol. The minimum atomic E-state index is -0.139.